The normalized spacial score (nSPS) is 30.0. The van der Waals surface area contributed by atoms with E-state index in [4.69, 9.17) is 4.74 Å². The van der Waals surface area contributed by atoms with Crippen LogP contribution in [-0.2, 0) is 4.74 Å². The van der Waals surface area contributed by atoms with Crippen LogP contribution in [0.5, 0.6) is 0 Å². The van der Waals surface area contributed by atoms with Crippen molar-refractivity contribution in [3.63, 3.8) is 0 Å². The first kappa shape index (κ1) is 10.0. The van der Waals surface area contributed by atoms with Gasteiger partial charge in [0.05, 0.1) is 6.61 Å². The van der Waals surface area contributed by atoms with Crippen LogP contribution < -0.4 is 5.32 Å². The van der Waals surface area contributed by atoms with Gasteiger partial charge in [-0.15, -0.1) is 0 Å². The van der Waals surface area contributed by atoms with E-state index in [9.17, 15) is 0 Å². The van der Waals surface area contributed by atoms with Crippen molar-refractivity contribution < 1.29 is 4.74 Å². The molecule has 0 aromatic heterocycles. The molecule has 1 fully saturated rings. The second-order valence-electron chi connectivity index (χ2n) is 4.34. The first-order valence-electron chi connectivity index (χ1n) is 4.92. The average molecular weight is 171 g/mol. The van der Waals surface area contributed by atoms with E-state index >= 15 is 0 Å². The number of rotatable bonds is 4. The molecule has 1 aliphatic rings. The Morgan fingerprint density at radius 2 is 2.25 bits per heavy atom. The summed E-state index contributed by atoms with van der Waals surface area (Å²) in [6.07, 6.45) is 3.82. The number of methoxy groups -OCH3 is 1. The zero-order valence-electron chi connectivity index (χ0n) is 8.52. The van der Waals surface area contributed by atoms with Crippen LogP contribution in [0.3, 0.4) is 0 Å². The molecule has 1 aliphatic heterocycles. The van der Waals surface area contributed by atoms with Gasteiger partial charge >= 0.3 is 0 Å². The molecule has 0 unspecified atom stereocenters. The zero-order chi connectivity index (χ0) is 9.03. The minimum Gasteiger partial charge on any atom is -0.383 e. The molecule has 2 nitrogen and oxygen atoms in total. The Morgan fingerprint density at radius 3 is 2.67 bits per heavy atom. The van der Waals surface area contributed by atoms with E-state index < -0.39 is 0 Å². The van der Waals surface area contributed by atoms with Crippen LogP contribution in [0.2, 0.25) is 0 Å². The molecule has 0 saturated carbocycles. The number of hydrogen-bond acceptors (Lipinski definition) is 2. The predicted octanol–water partition coefficient (Wildman–Crippen LogP) is 1.80. The predicted molar refractivity (Wildman–Crippen MR) is 51.3 cm³/mol. The lowest BCUT2D eigenvalue weighted by Gasteiger charge is -2.30. The van der Waals surface area contributed by atoms with Gasteiger partial charge in [-0.05, 0) is 31.7 Å². The first-order chi connectivity index (χ1) is 5.68. The standard InChI is InChI=1S/C10H21NO/c1-9(2)7-10(8-12-3)5-4-6-11-10/h9,11H,4-8H2,1-3H3/t10-/m1/s1. The van der Waals surface area contributed by atoms with Crippen molar-refractivity contribution in [2.24, 2.45) is 5.92 Å². The highest BCUT2D eigenvalue weighted by Gasteiger charge is 2.33. The van der Waals surface area contributed by atoms with Crippen LogP contribution in [0.25, 0.3) is 0 Å². The Morgan fingerprint density at radius 1 is 1.50 bits per heavy atom. The van der Waals surface area contributed by atoms with Crippen molar-refractivity contribution in [2.75, 3.05) is 20.3 Å². The second kappa shape index (κ2) is 4.24. The monoisotopic (exact) mass is 171 g/mol. The minimum atomic E-state index is 0.295. The van der Waals surface area contributed by atoms with Crippen LogP contribution in [0.1, 0.15) is 33.1 Å². The molecule has 2 heteroatoms. The Balaban J connectivity index is 2.46. The smallest absolute Gasteiger partial charge is 0.0644 e. The summed E-state index contributed by atoms with van der Waals surface area (Å²) in [5.41, 5.74) is 0.295. The summed E-state index contributed by atoms with van der Waals surface area (Å²) in [7, 11) is 1.79. The molecule has 0 aromatic carbocycles. The van der Waals surface area contributed by atoms with Crippen molar-refractivity contribution in [3.8, 4) is 0 Å². The molecule has 1 heterocycles. The number of nitrogens with one attached hydrogen (secondary N) is 1. The van der Waals surface area contributed by atoms with Gasteiger partial charge < -0.3 is 10.1 Å². The highest BCUT2D eigenvalue weighted by Crippen LogP contribution is 2.26. The summed E-state index contributed by atoms with van der Waals surface area (Å²) in [6, 6.07) is 0. The fourth-order valence-corrected chi connectivity index (χ4v) is 2.28. The second-order valence-corrected chi connectivity index (χ2v) is 4.34. The Bertz CT molecular complexity index is 128. The van der Waals surface area contributed by atoms with Crippen molar-refractivity contribution >= 4 is 0 Å². The van der Waals surface area contributed by atoms with Crippen LogP contribution in [0.15, 0.2) is 0 Å². The van der Waals surface area contributed by atoms with Gasteiger partial charge in [-0.1, -0.05) is 13.8 Å². The molecule has 0 aliphatic carbocycles. The zero-order valence-corrected chi connectivity index (χ0v) is 8.52. The first-order valence-corrected chi connectivity index (χ1v) is 4.92. The number of hydrogen-bond donors (Lipinski definition) is 1. The van der Waals surface area contributed by atoms with Crippen LogP contribution in [0, 0.1) is 5.92 Å². The van der Waals surface area contributed by atoms with Gasteiger partial charge in [0.25, 0.3) is 0 Å². The summed E-state index contributed by atoms with van der Waals surface area (Å²) >= 11 is 0. The maximum atomic E-state index is 5.27. The topological polar surface area (TPSA) is 21.3 Å². The van der Waals surface area contributed by atoms with Gasteiger partial charge in [0.2, 0.25) is 0 Å². The van der Waals surface area contributed by atoms with Crippen molar-refractivity contribution in [2.45, 2.75) is 38.6 Å². The molecule has 0 radical (unpaired) electrons. The third kappa shape index (κ3) is 2.46. The fraction of sp³-hybridized carbons (Fsp3) is 1.00. The molecule has 1 atom stereocenters. The lowest BCUT2D eigenvalue weighted by atomic mass is 9.88. The van der Waals surface area contributed by atoms with Crippen molar-refractivity contribution in [3.05, 3.63) is 0 Å². The van der Waals surface area contributed by atoms with E-state index in [1.807, 2.05) is 0 Å². The third-order valence-corrected chi connectivity index (χ3v) is 2.55. The van der Waals surface area contributed by atoms with Crippen LogP contribution in [-0.4, -0.2) is 25.8 Å². The Kier molecular flexibility index (Phi) is 3.53. The highest BCUT2D eigenvalue weighted by atomic mass is 16.5. The maximum absolute atomic E-state index is 5.27. The molecule has 0 bridgehead atoms. The molecule has 1 N–H and O–H groups in total. The quantitative estimate of drug-likeness (QED) is 0.696. The van der Waals surface area contributed by atoms with Gasteiger partial charge in [-0.2, -0.15) is 0 Å². The van der Waals surface area contributed by atoms with E-state index in [2.05, 4.69) is 19.2 Å². The summed E-state index contributed by atoms with van der Waals surface area (Å²) in [4.78, 5) is 0. The van der Waals surface area contributed by atoms with E-state index in [0.717, 1.165) is 19.1 Å². The average Bonchev–Trinajstić information content (AvgIpc) is 2.36. The molecule has 0 spiro atoms. The third-order valence-electron chi connectivity index (χ3n) is 2.55. The summed E-state index contributed by atoms with van der Waals surface area (Å²) in [5.74, 6) is 0.755. The molecular formula is C10H21NO. The molecule has 12 heavy (non-hydrogen) atoms. The lowest BCUT2D eigenvalue weighted by molar-refractivity contribution is 0.106. The molecule has 0 amide bonds. The summed E-state index contributed by atoms with van der Waals surface area (Å²) in [6.45, 7) is 6.58. The van der Waals surface area contributed by atoms with Crippen LogP contribution >= 0.6 is 0 Å². The van der Waals surface area contributed by atoms with Crippen molar-refractivity contribution in [1.29, 1.82) is 0 Å². The molecule has 72 valence electrons. The molecule has 0 aromatic rings. The van der Waals surface area contributed by atoms with E-state index in [-0.39, 0.29) is 0 Å². The number of ether oxygens (including phenoxy) is 1. The molecule has 1 saturated heterocycles. The minimum absolute atomic E-state index is 0.295. The van der Waals surface area contributed by atoms with Crippen molar-refractivity contribution in [1.82, 2.24) is 5.32 Å². The van der Waals surface area contributed by atoms with Gasteiger partial charge in [-0.3, -0.25) is 0 Å². The molecular weight excluding hydrogens is 150 g/mol. The SMILES string of the molecule is COC[C@]1(CC(C)C)CCCN1. The largest absolute Gasteiger partial charge is 0.383 e. The fourth-order valence-electron chi connectivity index (χ4n) is 2.28. The Hall–Kier alpha value is -0.0800. The van der Waals surface area contributed by atoms with Gasteiger partial charge in [0.1, 0.15) is 0 Å². The van der Waals surface area contributed by atoms with E-state index in [1.54, 1.807) is 7.11 Å². The Labute approximate surface area is 75.7 Å². The van der Waals surface area contributed by atoms with Gasteiger partial charge in [-0.25, -0.2) is 0 Å². The molecule has 1 rings (SSSR count). The summed E-state index contributed by atoms with van der Waals surface area (Å²) in [5, 5.41) is 3.58. The highest BCUT2D eigenvalue weighted by molar-refractivity contribution is 4.93. The van der Waals surface area contributed by atoms with Crippen LogP contribution in [0.4, 0.5) is 0 Å². The van der Waals surface area contributed by atoms with Gasteiger partial charge in [0, 0.05) is 12.6 Å². The van der Waals surface area contributed by atoms with E-state index in [0.29, 0.717) is 5.54 Å². The summed E-state index contributed by atoms with van der Waals surface area (Å²) < 4.78 is 5.27. The lowest BCUT2D eigenvalue weighted by Crippen LogP contribution is -2.45. The van der Waals surface area contributed by atoms with E-state index in [1.165, 1.54) is 19.3 Å². The van der Waals surface area contributed by atoms with Gasteiger partial charge in [0.15, 0.2) is 0 Å². The maximum Gasteiger partial charge on any atom is 0.0644 e.